The van der Waals surface area contributed by atoms with Crippen molar-refractivity contribution in [3.63, 3.8) is 0 Å². The van der Waals surface area contributed by atoms with Crippen LogP contribution in [0.1, 0.15) is 22.7 Å². The first-order valence-electron chi connectivity index (χ1n) is 8.99. The van der Waals surface area contributed by atoms with Gasteiger partial charge in [-0.3, -0.25) is 4.79 Å². The second kappa shape index (κ2) is 7.56. The Morgan fingerprint density at radius 3 is 2.21 bits per heavy atom. The van der Waals surface area contributed by atoms with Crippen molar-refractivity contribution in [2.45, 2.75) is 12.5 Å². The predicted molar refractivity (Wildman–Crippen MR) is 110 cm³/mol. The number of benzene rings is 3. The zero-order chi connectivity index (χ0) is 19.7. The molecule has 0 unspecified atom stereocenters. The van der Waals surface area contributed by atoms with Crippen LogP contribution in [-0.2, 0) is 11.2 Å². The maximum Gasteiger partial charge on any atom is 0.232 e. The maximum absolute atomic E-state index is 13.2. The van der Waals surface area contributed by atoms with Crippen LogP contribution in [0.25, 0.3) is 0 Å². The molecule has 0 N–H and O–H groups in total. The molecule has 5 heteroatoms. The van der Waals surface area contributed by atoms with Crippen LogP contribution in [0, 0.1) is 0 Å². The highest BCUT2D eigenvalue weighted by Crippen LogP contribution is 2.43. The Kier molecular flexibility index (Phi) is 4.97. The summed E-state index contributed by atoms with van der Waals surface area (Å²) in [4.78, 5) is 15.0. The van der Waals surface area contributed by atoms with E-state index in [0.29, 0.717) is 22.9 Å². The molecule has 1 amide bonds. The molecule has 0 spiro atoms. The summed E-state index contributed by atoms with van der Waals surface area (Å²) in [5.74, 6) is 1.30. The summed E-state index contributed by atoms with van der Waals surface area (Å²) in [7, 11) is 3.21. The predicted octanol–water partition coefficient (Wildman–Crippen LogP) is 5.04. The van der Waals surface area contributed by atoms with Gasteiger partial charge in [-0.15, -0.1) is 0 Å². The van der Waals surface area contributed by atoms with Gasteiger partial charge in [0.15, 0.2) is 11.5 Å². The van der Waals surface area contributed by atoms with E-state index in [1.165, 1.54) is 0 Å². The molecule has 4 rings (SSSR count). The number of anilines is 1. The van der Waals surface area contributed by atoms with Crippen molar-refractivity contribution < 1.29 is 14.3 Å². The van der Waals surface area contributed by atoms with Crippen LogP contribution >= 0.6 is 11.6 Å². The number of hydrogen-bond donors (Lipinski definition) is 0. The third kappa shape index (κ3) is 3.20. The third-order valence-corrected chi connectivity index (χ3v) is 5.28. The molecule has 142 valence electrons. The number of hydrogen-bond acceptors (Lipinski definition) is 3. The molecule has 0 bridgehead atoms. The molecule has 1 heterocycles. The highest BCUT2D eigenvalue weighted by atomic mass is 35.5. The van der Waals surface area contributed by atoms with Gasteiger partial charge >= 0.3 is 0 Å². The molecular weight excluding hydrogens is 374 g/mol. The van der Waals surface area contributed by atoms with Gasteiger partial charge in [-0.1, -0.05) is 41.9 Å². The fourth-order valence-corrected chi connectivity index (χ4v) is 3.86. The first-order valence-corrected chi connectivity index (χ1v) is 9.37. The number of rotatable bonds is 4. The van der Waals surface area contributed by atoms with Gasteiger partial charge in [0.1, 0.15) is 0 Å². The minimum atomic E-state index is -0.282. The van der Waals surface area contributed by atoms with Crippen molar-refractivity contribution in [1.82, 2.24) is 0 Å². The first-order chi connectivity index (χ1) is 13.6. The summed E-state index contributed by atoms with van der Waals surface area (Å²) in [6.45, 7) is 0. The van der Waals surface area contributed by atoms with Gasteiger partial charge in [0.25, 0.3) is 0 Å². The highest BCUT2D eigenvalue weighted by Gasteiger charge is 2.35. The third-order valence-electron chi connectivity index (χ3n) is 5.03. The topological polar surface area (TPSA) is 38.8 Å². The summed E-state index contributed by atoms with van der Waals surface area (Å²) in [5.41, 5.74) is 3.79. The lowest BCUT2D eigenvalue weighted by molar-refractivity contribution is -0.118. The molecule has 3 aromatic carbocycles. The molecule has 0 aliphatic carbocycles. The van der Waals surface area contributed by atoms with Crippen LogP contribution in [0.15, 0.2) is 66.7 Å². The Bertz CT molecular complexity index is 1000. The van der Waals surface area contributed by atoms with E-state index in [0.717, 1.165) is 22.4 Å². The van der Waals surface area contributed by atoms with Crippen LogP contribution in [0.4, 0.5) is 5.69 Å². The normalized spacial score (nSPS) is 15.9. The SMILES string of the molecule is COc1cc2c(cc1OC)[C@H](c1ccc(Cl)cc1)N(c1ccccc1)C(=O)C2. The van der Waals surface area contributed by atoms with E-state index in [1.807, 2.05) is 71.6 Å². The lowest BCUT2D eigenvalue weighted by atomic mass is 9.87. The number of carbonyl (C=O) groups is 1. The minimum Gasteiger partial charge on any atom is -0.493 e. The lowest BCUT2D eigenvalue weighted by Gasteiger charge is -2.38. The van der Waals surface area contributed by atoms with Crippen LogP contribution in [0.3, 0.4) is 0 Å². The van der Waals surface area contributed by atoms with E-state index in [4.69, 9.17) is 21.1 Å². The van der Waals surface area contributed by atoms with Crippen molar-refractivity contribution in [3.05, 3.63) is 88.4 Å². The fraction of sp³-hybridized carbons (Fsp3) is 0.174. The molecular formula is C23H20ClNO3. The molecule has 4 nitrogen and oxygen atoms in total. The summed E-state index contributed by atoms with van der Waals surface area (Å²) >= 11 is 6.10. The average molecular weight is 394 g/mol. The van der Waals surface area contributed by atoms with Gasteiger partial charge in [0, 0.05) is 10.7 Å². The van der Waals surface area contributed by atoms with Crippen molar-refractivity contribution in [1.29, 1.82) is 0 Å². The van der Waals surface area contributed by atoms with Crippen molar-refractivity contribution >= 4 is 23.2 Å². The van der Waals surface area contributed by atoms with Gasteiger partial charge in [-0.25, -0.2) is 0 Å². The number of ether oxygens (including phenoxy) is 2. The Morgan fingerprint density at radius 2 is 1.57 bits per heavy atom. The molecule has 3 aromatic rings. The Morgan fingerprint density at radius 1 is 0.929 bits per heavy atom. The van der Waals surface area contributed by atoms with Crippen molar-refractivity contribution in [2.24, 2.45) is 0 Å². The largest absolute Gasteiger partial charge is 0.493 e. The Hall–Kier alpha value is -2.98. The molecule has 0 fully saturated rings. The zero-order valence-corrected chi connectivity index (χ0v) is 16.4. The van der Waals surface area contributed by atoms with Crippen LogP contribution < -0.4 is 14.4 Å². The first kappa shape index (κ1) is 18.4. The summed E-state index contributed by atoms with van der Waals surface area (Å²) in [5, 5.41) is 0.657. The maximum atomic E-state index is 13.2. The van der Waals surface area contributed by atoms with E-state index < -0.39 is 0 Å². The lowest BCUT2D eigenvalue weighted by Crippen LogP contribution is -2.41. The molecule has 0 saturated carbocycles. The monoisotopic (exact) mass is 393 g/mol. The smallest absolute Gasteiger partial charge is 0.232 e. The second-order valence-electron chi connectivity index (χ2n) is 6.64. The van der Waals surface area contributed by atoms with Crippen LogP contribution in [0.5, 0.6) is 11.5 Å². The van der Waals surface area contributed by atoms with E-state index in [9.17, 15) is 4.79 Å². The summed E-state index contributed by atoms with van der Waals surface area (Å²) < 4.78 is 11.0. The summed E-state index contributed by atoms with van der Waals surface area (Å²) in [6, 6.07) is 20.9. The molecule has 1 aliphatic heterocycles. The fourth-order valence-electron chi connectivity index (χ4n) is 3.73. The van der Waals surface area contributed by atoms with Gasteiger partial charge in [0.05, 0.1) is 26.7 Å². The molecule has 0 saturated heterocycles. The van der Waals surface area contributed by atoms with Crippen LogP contribution in [-0.4, -0.2) is 20.1 Å². The number of halogens is 1. The number of carbonyl (C=O) groups excluding carboxylic acids is 1. The van der Waals surface area contributed by atoms with E-state index in [-0.39, 0.29) is 11.9 Å². The quantitative estimate of drug-likeness (QED) is 0.623. The Balaban J connectivity index is 1.94. The van der Waals surface area contributed by atoms with Crippen molar-refractivity contribution in [2.75, 3.05) is 19.1 Å². The zero-order valence-electron chi connectivity index (χ0n) is 15.7. The Labute approximate surface area is 169 Å². The standard InChI is InChI=1S/C23H20ClNO3/c1-27-20-12-16-13-22(26)25(18-6-4-3-5-7-18)23(19(16)14-21(20)28-2)15-8-10-17(24)11-9-15/h3-12,14,23H,13H2,1-2H3/t23-/m0/s1. The van der Waals surface area contributed by atoms with Gasteiger partial charge < -0.3 is 14.4 Å². The number of fused-ring (bicyclic) bond motifs is 1. The van der Waals surface area contributed by atoms with Gasteiger partial charge in [-0.2, -0.15) is 0 Å². The number of methoxy groups -OCH3 is 2. The van der Waals surface area contributed by atoms with E-state index >= 15 is 0 Å². The molecule has 1 aliphatic rings. The van der Waals surface area contributed by atoms with E-state index in [1.54, 1.807) is 14.2 Å². The average Bonchev–Trinajstić information content (AvgIpc) is 2.73. The molecule has 28 heavy (non-hydrogen) atoms. The highest BCUT2D eigenvalue weighted by molar-refractivity contribution is 6.30. The second-order valence-corrected chi connectivity index (χ2v) is 7.07. The minimum absolute atomic E-state index is 0.0332. The number of amides is 1. The molecule has 1 atom stereocenters. The van der Waals surface area contributed by atoms with Crippen molar-refractivity contribution in [3.8, 4) is 11.5 Å². The van der Waals surface area contributed by atoms with Crippen LogP contribution in [0.2, 0.25) is 5.02 Å². The van der Waals surface area contributed by atoms with E-state index in [2.05, 4.69) is 0 Å². The molecule has 0 aromatic heterocycles. The molecule has 0 radical (unpaired) electrons. The van der Waals surface area contributed by atoms with Gasteiger partial charge in [-0.05, 0) is 53.1 Å². The van der Waals surface area contributed by atoms with Gasteiger partial charge in [0.2, 0.25) is 5.91 Å². The summed E-state index contributed by atoms with van der Waals surface area (Å²) in [6.07, 6.45) is 0.300. The number of para-hydroxylation sites is 1. The number of nitrogens with zero attached hydrogens (tertiary/aromatic N) is 1.